The maximum Gasteiger partial charge on any atom is 0.184 e. The first-order chi connectivity index (χ1) is 9.22. The molecule has 0 saturated carbocycles. The fourth-order valence-corrected chi connectivity index (χ4v) is 1.97. The minimum atomic E-state index is 0.413. The van der Waals surface area contributed by atoms with Crippen molar-refractivity contribution in [3.63, 3.8) is 0 Å². The molecule has 2 aromatic rings. The Labute approximate surface area is 113 Å². The van der Waals surface area contributed by atoms with Crippen LogP contribution in [0.5, 0.6) is 5.75 Å². The monoisotopic (exact) mass is 261 g/mol. The number of pyridine rings is 1. The maximum absolute atomic E-state index is 10.9. The van der Waals surface area contributed by atoms with E-state index < -0.39 is 0 Å². The molecule has 0 atom stereocenters. The Morgan fingerprint density at radius 2 is 1.95 bits per heavy atom. The van der Waals surface area contributed by atoms with Crippen LogP contribution in [0.25, 0.3) is 0 Å². The molecule has 0 aliphatic rings. The lowest BCUT2D eigenvalue weighted by molar-refractivity contribution is -0.605. The number of hydrogen-bond acceptors (Lipinski definition) is 3. The van der Waals surface area contributed by atoms with Gasteiger partial charge in [0.05, 0.1) is 11.7 Å². The lowest BCUT2D eigenvalue weighted by Crippen LogP contribution is -2.23. The maximum atomic E-state index is 10.9. The van der Waals surface area contributed by atoms with Gasteiger partial charge in [-0.05, 0) is 18.9 Å². The normalized spacial score (nSPS) is 10.9. The van der Waals surface area contributed by atoms with Crippen LogP contribution in [-0.2, 0) is 6.61 Å². The van der Waals surface area contributed by atoms with Gasteiger partial charge in [0.2, 0.25) is 0 Å². The third kappa shape index (κ3) is 3.47. The van der Waals surface area contributed by atoms with Gasteiger partial charge in [0.25, 0.3) is 0 Å². The molecule has 0 aliphatic carbocycles. The van der Waals surface area contributed by atoms with Crippen LogP contribution in [-0.4, -0.2) is 9.78 Å². The Morgan fingerprint density at radius 3 is 2.58 bits per heavy atom. The Bertz CT molecular complexity index is 504. The Kier molecular flexibility index (Phi) is 4.39. The first-order valence-electron chi connectivity index (χ1n) is 6.58. The van der Waals surface area contributed by atoms with E-state index >= 15 is 0 Å². The molecule has 102 valence electrons. The molecule has 2 heterocycles. The molecular formula is C14H19N3O2. The van der Waals surface area contributed by atoms with E-state index in [4.69, 9.17) is 4.74 Å². The summed E-state index contributed by atoms with van der Waals surface area (Å²) in [7, 11) is 0. The van der Waals surface area contributed by atoms with Crippen LogP contribution in [0.4, 0.5) is 0 Å². The fraction of sp³-hybridized carbons (Fsp3) is 0.429. The second-order valence-corrected chi connectivity index (χ2v) is 4.44. The third-order valence-corrected chi connectivity index (χ3v) is 3.14. The highest BCUT2D eigenvalue weighted by Gasteiger charge is 2.08. The van der Waals surface area contributed by atoms with Crippen LogP contribution < -0.4 is 9.47 Å². The number of hydrogen-bond donors (Lipinski definition) is 0. The first kappa shape index (κ1) is 13.4. The summed E-state index contributed by atoms with van der Waals surface area (Å²) in [4.78, 5) is 0. The van der Waals surface area contributed by atoms with Gasteiger partial charge in [0.1, 0.15) is 12.4 Å². The van der Waals surface area contributed by atoms with Gasteiger partial charge >= 0.3 is 0 Å². The van der Waals surface area contributed by atoms with Crippen LogP contribution >= 0.6 is 0 Å². The largest absolute Gasteiger partial charge is 0.619 e. The quantitative estimate of drug-likeness (QED) is 0.593. The molecule has 0 saturated heterocycles. The van der Waals surface area contributed by atoms with Gasteiger partial charge in [-0.15, -0.1) is 0 Å². The zero-order valence-corrected chi connectivity index (χ0v) is 11.3. The van der Waals surface area contributed by atoms with E-state index in [1.54, 1.807) is 12.1 Å². The molecule has 19 heavy (non-hydrogen) atoms. The summed E-state index contributed by atoms with van der Waals surface area (Å²) < 4.78 is 8.31. The topological polar surface area (TPSA) is 54.0 Å². The molecule has 0 N–H and O–H groups in total. The summed E-state index contributed by atoms with van der Waals surface area (Å²) in [6.07, 6.45) is 6.96. The SMILES string of the molecule is CCC(CC)n1ccc(COc2cc[n+]([O-])cc2)n1. The summed E-state index contributed by atoms with van der Waals surface area (Å²) >= 11 is 0. The molecule has 0 radical (unpaired) electrons. The van der Waals surface area contributed by atoms with Crippen LogP contribution in [0, 0.1) is 5.21 Å². The number of aromatic nitrogens is 3. The Balaban J connectivity index is 1.95. The van der Waals surface area contributed by atoms with Gasteiger partial charge in [0, 0.05) is 18.3 Å². The van der Waals surface area contributed by atoms with Crippen molar-refractivity contribution < 1.29 is 9.47 Å². The molecule has 0 bridgehead atoms. The highest BCUT2D eigenvalue weighted by Crippen LogP contribution is 2.15. The van der Waals surface area contributed by atoms with Crippen molar-refractivity contribution in [3.8, 4) is 5.75 Å². The van der Waals surface area contributed by atoms with Gasteiger partial charge in [-0.3, -0.25) is 4.68 Å². The number of ether oxygens (including phenoxy) is 1. The molecule has 0 amide bonds. The van der Waals surface area contributed by atoms with Crippen molar-refractivity contribution in [2.75, 3.05) is 0 Å². The van der Waals surface area contributed by atoms with E-state index in [1.165, 1.54) is 12.4 Å². The predicted octanol–water partition coefficient (Wildman–Crippen LogP) is 2.46. The van der Waals surface area contributed by atoms with Crippen molar-refractivity contribution in [3.05, 3.63) is 47.7 Å². The van der Waals surface area contributed by atoms with E-state index in [1.807, 2.05) is 16.9 Å². The lowest BCUT2D eigenvalue weighted by Gasteiger charge is -2.12. The van der Waals surface area contributed by atoms with Crippen molar-refractivity contribution >= 4 is 0 Å². The Morgan fingerprint density at radius 1 is 1.26 bits per heavy atom. The number of rotatable bonds is 6. The zero-order chi connectivity index (χ0) is 13.7. The summed E-state index contributed by atoms with van der Waals surface area (Å²) in [5.74, 6) is 0.671. The van der Waals surface area contributed by atoms with E-state index in [0.29, 0.717) is 18.4 Å². The molecule has 5 heteroatoms. The van der Waals surface area contributed by atoms with Gasteiger partial charge < -0.3 is 9.94 Å². The molecule has 0 aromatic carbocycles. The summed E-state index contributed by atoms with van der Waals surface area (Å²) in [6.45, 7) is 4.73. The highest BCUT2D eigenvalue weighted by atomic mass is 16.5. The van der Waals surface area contributed by atoms with Crippen LogP contribution in [0.15, 0.2) is 36.8 Å². The first-order valence-corrected chi connectivity index (χ1v) is 6.58. The summed E-state index contributed by atoms with van der Waals surface area (Å²) in [5.41, 5.74) is 0.894. The van der Waals surface area contributed by atoms with Crippen molar-refractivity contribution in [2.45, 2.75) is 39.3 Å². The van der Waals surface area contributed by atoms with E-state index in [9.17, 15) is 5.21 Å². The molecule has 0 fully saturated rings. The molecule has 2 rings (SSSR count). The van der Waals surface area contributed by atoms with Crippen molar-refractivity contribution in [1.29, 1.82) is 0 Å². The van der Waals surface area contributed by atoms with Gasteiger partial charge in [-0.2, -0.15) is 9.83 Å². The molecule has 5 nitrogen and oxygen atoms in total. The standard InChI is InChI=1S/C14H19N3O2/c1-3-13(4-2)17-10-5-12(15-17)11-19-14-6-8-16(18)9-7-14/h5-10,13H,3-4,11H2,1-2H3. The van der Waals surface area contributed by atoms with Crippen molar-refractivity contribution in [1.82, 2.24) is 9.78 Å². The minimum absolute atomic E-state index is 0.413. The molecule has 2 aromatic heterocycles. The highest BCUT2D eigenvalue weighted by molar-refractivity contribution is 5.15. The zero-order valence-electron chi connectivity index (χ0n) is 11.3. The smallest absolute Gasteiger partial charge is 0.184 e. The van der Waals surface area contributed by atoms with E-state index in [-0.39, 0.29) is 0 Å². The second-order valence-electron chi connectivity index (χ2n) is 4.44. The van der Waals surface area contributed by atoms with Gasteiger partial charge in [-0.1, -0.05) is 13.8 Å². The van der Waals surface area contributed by atoms with E-state index in [0.717, 1.165) is 23.3 Å². The average Bonchev–Trinajstić information content (AvgIpc) is 2.88. The van der Waals surface area contributed by atoms with Crippen LogP contribution in [0.2, 0.25) is 0 Å². The minimum Gasteiger partial charge on any atom is -0.619 e. The molecule has 0 unspecified atom stereocenters. The van der Waals surface area contributed by atoms with Crippen molar-refractivity contribution in [2.24, 2.45) is 0 Å². The van der Waals surface area contributed by atoms with Crippen LogP contribution in [0.3, 0.4) is 0 Å². The predicted molar refractivity (Wildman–Crippen MR) is 71.6 cm³/mol. The number of nitrogens with zero attached hydrogens (tertiary/aromatic N) is 3. The third-order valence-electron chi connectivity index (χ3n) is 3.14. The Hall–Kier alpha value is -2.04. The van der Waals surface area contributed by atoms with Crippen LogP contribution in [0.1, 0.15) is 38.4 Å². The second kappa shape index (κ2) is 6.22. The van der Waals surface area contributed by atoms with E-state index in [2.05, 4.69) is 18.9 Å². The molecule has 0 spiro atoms. The molecule has 0 aliphatic heterocycles. The average molecular weight is 261 g/mol. The van der Waals surface area contributed by atoms with Gasteiger partial charge in [-0.25, -0.2) is 0 Å². The molecular weight excluding hydrogens is 242 g/mol. The van der Waals surface area contributed by atoms with Gasteiger partial charge in [0.15, 0.2) is 12.4 Å². The lowest BCUT2D eigenvalue weighted by atomic mass is 10.2. The summed E-state index contributed by atoms with van der Waals surface area (Å²) in [6, 6.07) is 5.70. The fourth-order valence-electron chi connectivity index (χ4n) is 1.97. The summed E-state index contributed by atoms with van der Waals surface area (Å²) in [5, 5.41) is 15.4.